The van der Waals surface area contributed by atoms with Gasteiger partial charge in [-0.25, -0.2) is 9.97 Å². The van der Waals surface area contributed by atoms with Gasteiger partial charge in [0.15, 0.2) is 5.82 Å². The van der Waals surface area contributed by atoms with E-state index in [1.807, 2.05) is 42.5 Å². The zero-order valence-electron chi connectivity index (χ0n) is 13.4. The number of benzene rings is 2. The Labute approximate surface area is 148 Å². The highest BCUT2D eigenvalue weighted by Crippen LogP contribution is 2.37. The van der Waals surface area contributed by atoms with Crippen LogP contribution in [0.15, 0.2) is 60.9 Å². The average Bonchev–Trinajstić information content (AvgIpc) is 3.08. The Kier molecular flexibility index (Phi) is 3.95. The normalized spacial score (nSPS) is 10.8. The smallest absolute Gasteiger partial charge is 0.151 e. The third-order valence-corrected chi connectivity index (χ3v) is 4.98. The van der Waals surface area contributed by atoms with Crippen molar-refractivity contribution in [1.82, 2.24) is 9.97 Å². The monoisotopic (exact) mass is 349 g/mol. The number of ether oxygens (including phenoxy) is 1. The molecule has 124 valence electrons. The summed E-state index contributed by atoms with van der Waals surface area (Å²) in [6, 6.07) is 16.9. The van der Waals surface area contributed by atoms with Crippen LogP contribution in [0.3, 0.4) is 0 Å². The summed E-state index contributed by atoms with van der Waals surface area (Å²) in [7, 11) is 1.64. The fraction of sp³-hybridized carbons (Fsp3) is 0.0526. The second kappa shape index (κ2) is 6.41. The fourth-order valence-corrected chi connectivity index (χ4v) is 3.61. The van der Waals surface area contributed by atoms with Gasteiger partial charge in [0, 0.05) is 16.6 Å². The van der Waals surface area contributed by atoms with E-state index in [0.717, 1.165) is 37.9 Å². The molecule has 0 atom stereocenters. The quantitative estimate of drug-likeness (QED) is 0.553. The van der Waals surface area contributed by atoms with Crippen molar-refractivity contribution in [2.24, 2.45) is 0 Å². The summed E-state index contributed by atoms with van der Waals surface area (Å²) in [5, 5.41) is 12.8. The second-order valence-corrected chi connectivity index (χ2v) is 6.50. The minimum absolute atomic E-state index is 0.255. The predicted molar refractivity (Wildman–Crippen MR) is 101 cm³/mol. The van der Waals surface area contributed by atoms with E-state index in [2.05, 4.69) is 15.3 Å². The number of phenolic OH excluding ortho intramolecular Hbond substituents is 1. The maximum atomic E-state index is 9.46. The zero-order chi connectivity index (χ0) is 17.2. The minimum Gasteiger partial charge on any atom is -0.508 e. The number of aromatic hydroxyl groups is 1. The van der Waals surface area contributed by atoms with Crippen molar-refractivity contribution in [3.05, 3.63) is 60.9 Å². The summed E-state index contributed by atoms with van der Waals surface area (Å²) < 4.78 is 6.24. The number of nitrogens with one attached hydrogen (secondary N) is 1. The van der Waals surface area contributed by atoms with Crippen molar-refractivity contribution in [2.75, 3.05) is 12.4 Å². The van der Waals surface area contributed by atoms with Crippen LogP contribution in [-0.2, 0) is 0 Å². The largest absolute Gasteiger partial charge is 0.508 e. The standard InChI is InChI=1S/C19H15N3O2S/c1-24-15-4-2-3-13(9-15)22-19-18-16(20-11-21-19)10-17(25-18)12-5-7-14(23)8-6-12/h2-11,23H,1H3,(H,20,21,22). The predicted octanol–water partition coefficient (Wildman–Crippen LogP) is 4.82. The summed E-state index contributed by atoms with van der Waals surface area (Å²) in [5.41, 5.74) is 2.82. The maximum absolute atomic E-state index is 9.46. The van der Waals surface area contributed by atoms with E-state index in [9.17, 15) is 5.11 Å². The van der Waals surface area contributed by atoms with Gasteiger partial charge in [0.05, 0.1) is 17.3 Å². The van der Waals surface area contributed by atoms with E-state index in [1.165, 1.54) is 0 Å². The van der Waals surface area contributed by atoms with Crippen molar-refractivity contribution in [1.29, 1.82) is 0 Å². The third-order valence-electron chi connectivity index (χ3n) is 3.80. The lowest BCUT2D eigenvalue weighted by atomic mass is 10.2. The summed E-state index contributed by atoms with van der Waals surface area (Å²) in [6.07, 6.45) is 1.55. The molecule has 2 aromatic heterocycles. The molecule has 0 aliphatic carbocycles. The summed E-state index contributed by atoms with van der Waals surface area (Å²) >= 11 is 1.61. The Morgan fingerprint density at radius 3 is 2.68 bits per heavy atom. The number of aromatic nitrogens is 2. The van der Waals surface area contributed by atoms with Crippen LogP contribution >= 0.6 is 11.3 Å². The van der Waals surface area contributed by atoms with Crippen molar-refractivity contribution < 1.29 is 9.84 Å². The molecule has 0 saturated carbocycles. The Morgan fingerprint density at radius 2 is 1.88 bits per heavy atom. The molecular formula is C19H15N3O2S. The molecule has 0 radical (unpaired) electrons. The number of rotatable bonds is 4. The molecule has 2 N–H and O–H groups in total. The van der Waals surface area contributed by atoms with Crippen molar-refractivity contribution in [2.45, 2.75) is 0 Å². The summed E-state index contributed by atoms with van der Waals surface area (Å²) in [4.78, 5) is 9.83. The highest BCUT2D eigenvalue weighted by molar-refractivity contribution is 7.22. The number of nitrogens with zero attached hydrogens (tertiary/aromatic N) is 2. The number of hydrogen-bond donors (Lipinski definition) is 2. The second-order valence-electron chi connectivity index (χ2n) is 5.45. The molecule has 2 aromatic carbocycles. The van der Waals surface area contributed by atoms with E-state index < -0.39 is 0 Å². The van der Waals surface area contributed by atoms with Gasteiger partial charge in [-0.1, -0.05) is 6.07 Å². The van der Waals surface area contributed by atoms with Crippen LogP contribution < -0.4 is 10.1 Å². The van der Waals surface area contributed by atoms with Crippen LogP contribution in [-0.4, -0.2) is 22.2 Å². The molecule has 4 rings (SSSR count). The van der Waals surface area contributed by atoms with E-state index in [4.69, 9.17) is 4.74 Å². The van der Waals surface area contributed by atoms with Gasteiger partial charge in [0.2, 0.25) is 0 Å². The molecule has 0 bridgehead atoms. The summed E-state index contributed by atoms with van der Waals surface area (Å²) in [5.74, 6) is 1.80. The Morgan fingerprint density at radius 1 is 1.04 bits per heavy atom. The molecule has 5 nitrogen and oxygen atoms in total. The van der Waals surface area contributed by atoms with Crippen molar-refractivity contribution in [3.63, 3.8) is 0 Å². The first-order chi connectivity index (χ1) is 12.2. The van der Waals surface area contributed by atoms with Gasteiger partial charge < -0.3 is 15.2 Å². The number of hydrogen-bond acceptors (Lipinski definition) is 6. The first-order valence-corrected chi connectivity index (χ1v) is 8.49. The fourth-order valence-electron chi connectivity index (χ4n) is 2.55. The number of fused-ring (bicyclic) bond motifs is 1. The zero-order valence-corrected chi connectivity index (χ0v) is 14.2. The minimum atomic E-state index is 0.255. The first-order valence-electron chi connectivity index (χ1n) is 7.68. The first kappa shape index (κ1) is 15.4. The number of thiophene rings is 1. The van der Waals surface area contributed by atoms with Crippen LogP contribution in [0.25, 0.3) is 20.7 Å². The van der Waals surface area contributed by atoms with Crippen LogP contribution in [0.4, 0.5) is 11.5 Å². The van der Waals surface area contributed by atoms with Crippen LogP contribution in [0.5, 0.6) is 11.5 Å². The molecule has 0 aliphatic rings. The number of methoxy groups -OCH3 is 1. The van der Waals surface area contributed by atoms with Gasteiger partial charge >= 0.3 is 0 Å². The summed E-state index contributed by atoms with van der Waals surface area (Å²) in [6.45, 7) is 0. The molecule has 0 fully saturated rings. The molecule has 2 heterocycles. The highest BCUT2D eigenvalue weighted by atomic mass is 32.1. The molecule has 4 aromatic rings. The lowest BCUT2D eigenvalue weighted by molar-refractivity contribution is 0.415. The van der Waals surface area contributed by atoms with Crippen LogP contribution in [0.1, 0.15) is 0 Å². The molecular weight excluding hydrogens is 334 g/mol. The maximum Gasteiger partial charge on any atom is 0.151 e. The van der Waals surface area contributed by atoms with Gasteiger partial charge in [-0.2, -0.15) is 0 Å². The Balaban J connectivity index is 1.73. The van der Waals surface area contributed by atoms with Crippen LogP contribution in [0, 0.1) is 0 Å². The van der Waals surface area contributed by atoms with Gasteiger partial charge in [0.25, 0.3) is 0 Å². The van der Waals surface area contributed by atoms with Gasteiger partial charge in [-0.05, 0) is 48.0 Å². The third kappa shape index (κ3) is 3.12. The molecule has 0 amide bonds. The number of anilines is 2. The lowest BCUT2D eigenvalue weighted by Gasteiger charge is -2.07. The molecule has 0 aliphatic heterocycles. The molecule has 25 heavy (non-hydrogen) atoms. The van der Waals surface area contributed by atoms with Crippen molar-refractivity contribution >= 4 is 33.1 Å². The van der Waals surface area contributed by atoms with E-state index >= 15 is 0 Å². The Bertz CT molecular complexity index is 1030. The van der Waals surface area contributed by atoms with Crippen molar-refractivity contribution in [3.8, 4) is 21.9 Å². The molecule has 0 saturated heterocycles. The molecule has 6 heteroatoms. The van der Waals surface area contributed by atoms with Gasteiger partial charge in [-0.15, -0.1) is 11.3 Å². The van der Waals surface area contributed by atoms with E-state index in [0.29, 0.717) is 0 Å². The molecule has 0 unspecified atom stereocenters. The molecule has 0 spiro atoms. The van der Waals surface area contributed by atoms with Crippen LogP contribution in [0.2, 0.25) is 0 Å². The van der Waals surface area contributed by atoms with Gasteiger partial charge in [-0.3, -0.25) is 0 Å². The van der Waals surface area contributed by atoms with Gasteiger partial charge in [0.1, 0.15) is 17.8 Å². The number of phenols is 1. The average molecular weight is 349 g/mol. The topological polar surface area (TPSA) is 67.3 Å². The SMILES string of the molecule is COc1cccc(Nc2ncnc3cc(-c4ccc(O)cc4)sc23)c1. The lowest BCUT2D eigenvalue weighted by Crippen LogP contribution is -1.94. The highest BCUT2D eigenvalue weighted by Gasteiger charge is 2.11. The van der Waals surface area contributed by atoms with E-state index in [1.54, 1.807) is 36.9 Å². The van der Waals surface area contributed by atoms with E-state index in [-0.39, 0.29) is 5.75 Å². The Hall–Kier alpha value is -3.12.